The molecule has 13 aromatic rings. The zero-order chi connectivity index (χ0) is 39.8. The smallest absolute Gasteiger partial charge is 0.236 e. The third kappa shape index (κ3) is 4.44. The zero-order valence-electron chi connectivity index (χ0n) is 32.7. The largest absolute Gasteiger partial charge is 0.452 e. The molecule has 0 saturated heterocycles. The van der Waals surface area contributed by atoms with Crippen molar-refractivity contribution < 1.29 is 4.42 Å². The fourth-order valence-corrected chi connectivity index (χ4v) is 10.3. The van der Waals surface area contributed by atoms with Crippen LogP contribution in [-0.2, 0) is 0 Å². The molecule has 0 bridgehead atoms. The molecule has 0 radical (unpaired) electrons. The molecule has 14 rings (SSSR count). The topological polar surface area (TPSA) is 48.8 Å². The maximum absolute atomic E-state index is 6.66. The van der Waals surface area contributed by atoms with Gasteiger partial charge in [0.1, 0.15) is 16.8 Å². The minimum atomic E-state index is 0.596. The van der Waals surface area contributed by atoms with Crippen LogP contribution in [0.1, 0.15) is 0 Å². The minimum absolute atomic E-state index is 0.596. The fourth-order valence-electron chi connectivity index (χ4n) is 10.3. The highest BCUT2D eigenvalue weighted by Crippen LogP contribution is 2.51. The highest BCUT2D eigenvalue weighted by Gasteiger charge is 2.30. The Bertz CT molecular complexity index is 3990. The number of para-hydroxylation sites is 4. The number of nitrogens with zero attached hydrogens (tertiary/aromatic N) is 4. The van der Waals surface area contributed by atoms with Crippen LogP contribution in [0.2, 0.25) is 0 Å². The summed E-state index contributed by atoms with van der Waals surface area (Å²) in [7, 11) is 0. The lowest BCUT2D eigenvalue weighted by Gasteiger charge is -2.13. The summed E-state index contributed by atoms with van der Waals surface area (Å²) in [5.74, 6) is 0.596. The number of benzene rings is 9. The first-order valence-electron chi connectivity index (χ1n) is 20.8. The van der Waals surface area contributed by atoms with Gasteiger partial charge < -0.3 is 8.98 Å². The van der Waals surface area contributed by atoms with Crippen LogP contribution < -0.4 is 0 Å². The van der Waals surface area contributed by atoms with E-state index in [1.165, 1.54) is 71.5 Å². The van der Waals surface area contributed by atoms with Crippen LogP contribution in [0.4, 0.5) is 0 Å². The lowest BCUT2D eigenvalue weighted by molar-refractivity contribution is 0.666. The first kappa shape index (κ1) is 32.7. The normalized spacial score (nSPS) is 12.3. The molecule has 9 aromatic carbocycles. The van der Waals surface area contributed by atoms with Crippen LogP contribution in [0.25, 0.3) is 133 Å². The van der Waals surface area contributed by atoms with E-state index in [-0.39, 0.29) is 0 Å². The van der Waals surface area contributed by atoms with Crippen molar-refractivity contribution in [3.05, 3.63) is 194 Å². The molecule has 61 heavy (non-hydrogen) atoms. The molecule has 282 valence electrons. The van der Waals surface area contributed by atoms with Crippen molar-refractivity contribution in [2.75, 3.05) is 0 Å². The van der Waals surface area contributed by atoms with E-state index in [4.69, 9.17) is 14.4 Å². The summed E-state index contributed by atoms with van der Waals surface area (Å²) in [6.07, 6.45) is 0. The molecule has 0 atom stereocenters. The van der Waals surface area contributed by atoms with Crippen LogP contribution in [-0.4, -0.2) is 19.1 Å². The number of fused-ring (bicyclic) bond motifs is 16. The molecule has 0 fully saturated rings. The lowest BCUT2D eigenvalue weighted by Crippen LogP contribution is -2.03. The third-order valence-electron chi connectivity index (χ3n) is 12.9. The molecular weight excluding hydrogens is 745 g/mol. The van der Waals surface area contributed by atoms with Gasteiger partial charge in [0.15, 0.2) is 5.58 Å². The van der Waals surface area contributed by atoms with Gasteiger partial charge in [0.25, 0.3) is 0 Å². The summed E-state index contributed by atoms with van der Waals surface area (Å²) >= 11 is 0. The van der Waals surface area contributed by atoms with Gasteiger partial charge in [-0.05, 0) is 69.4 Å². The molecule has 0 unspecified atom stereocenters. The maximum atomic E-state index is 6.66. The predicted octanol–water partition coefficient (Wildman–Crippen LogP) is 14.7. The van der Waals surface area contributed by atoms with Gasteiger partial charge in [0, 0.05) is 43.6 Å². The highest BCUT2D eigenvalue weighted by molar-refractivity contribution is 6.28. The average Bonchev–Trinajstić information content (AvgIpc) is 3.95. The van der Waals surface area contributed by atoms with E-state index in [2.05, 4.69) is 185 Å². The Hall–Kier alpha value is -8.28. The monoisotopic (exact) mass is 776 g/mol. The van der Waals surface area contributed by atoms with Crippen LogP contribution >= 0.6 is 0 Å². The van der Waals surface area contributed by atoms with Gasteiger partial charge in [-0.15, -0.1) is 0 Å². The first-order valence-corrected chi connectivity index (χ1v) is 20.8. The molecule has 0 saturated carbocycles. The SMILES string of the molecule is c1ccc2c(c1)-c1ccccc1-n1c3ccccc3c3cc4c(c-2c31)c1ccccc1n4-c1nc(-c2ccc(-c3cccc4ccccc34)cc2)c2oc3ccccc3c2n1. The second-order valence-corrected chi connectivity index (χ2v) is 16.1. The highest BCUT2D eigenvalue weighted by atomic mass is 16.3. The summed E-state index contributed by atoms with van der Waals surface area (Å²) in [5.41, 5.74) is 16.8. The molecule has 1 aliphatic heterocycles. The van der Waals surface area contributed by atoms with Crippen molar-refractivity contribution in [1.29, 1.82) is 0 Å². The van der Waals surface area contributed by atoms with Crippen LogP contribution in [0.5, 0.6) is 0 Å². The Morgan fingerprint density at radius 2 is 1.03 bits per heavy atom. The average molecular weight is 777 g/mol. The van der Waals surface area contributed by atoms with Crippen molar-refractivity contribution in [2.24, 2.45) is 0 Å². The number of rotatable bonds is 3. The Morgan fingerprint density at radius 3 is 1.89 bits per heavy atom. The van der Waals surface area contributed by atoms with Crippen molar-refractivity contribution in [2.45, 2.75) is 0 Å². The molecule has 0 amide bonds. The number of hydrogen-bond acceptors (Lipinski definition) is 3. The third-order valence-corrected chi connectivity index (χ3v) is 12.9. The van der Waals surface area contributed by atoms with Crippen LogP contribution in [0, 0.1) is 0 Å². The quantitative estimate of drug-likeness (QED) is 0.180. The summed E-state index contributed by atoms with van der Waals surface area (Å²) in [6, 6.07) is 69.6. The van der Waals surface area contributed by atoms with Gasteiger partial charge in [-0.2, -0.15) is 0 Å². The van der Waals surface area contributed by atoms with E-state index < -0.39 is 0 Å². The van der Waals surface area contributed by atoms with E-state index in [9.17, 15) is 0 Å². The molecule has 0 N–H and O–H groups in total. The van der Waals surface area contributed by atoms with Crippen LogP contribution in [0.15, 0.2) is 199 Å². The van der Waals surface area contributed by atoms with Gasteiger partial charge in [-0.3, -0.25) is 4.57 Å². The Kier molecular flexibility index (Phi) is 6.49. The molecule has 5 heteroatoms. The summed E-state index contributed by atoms with van der Waals surface area (Å²) in [5, 5.41) is 8.12. The van der Waals surface area contributed by atoms with Crippen molar-refractivity contribution in [3.8, 4) is 56.3 Å². The van der Waals surface area contributed by atoms with E-state index in [0.29, 0.717) is 11.5 Å². The van der Waals surface area contributed by atoms with Gasteiger partial charge in [0.2, 0.25) is 5.95 Å². The van der Waals surface area contributed by atoms with Crippen LogP contribution in [0.3, 0.4) is 0 Å². The Morgan fingerprint density at radius 1 is 0.410 bits per heavy atom. The number of aromatic nitrogens is 4. The second kappa shape index (κ2) is 12.1. The molecule has 5 heterocycles. The van der Waals surface area contributed by atoms with E-state index in [1.54, 1.807) is 0 Å². The number of furan rings is 1. The molecule has 4 aromatic heterocycles. The van der Waals surface area contributed by atoms with Gasteiger partial charge in [0.05, 0.1) is 27.8 Å². The predicted molar refractivity (Wildman–Crippen MR) is 251 cm³/mol. The summed E-state index contributed by atoms with van der Waals surface area (Å²) in [6.45, 7) is 0. The molecule has 0 aliphatic carbocycles. The van der Waals surface area contributed by atoms with Crippen molar-refractivity contribution in [3.63, 3.8) is 0 Å². The summed E-state index contributed by atoms with van der Waals surface area (Å²) < 4.78 is 11.4. The molecule has 0 spiro atoms. The number of hydrogen-bond donors (Lipinski definition) is 0. The molecule has 5 nitrogen and oxygen atoms in total. The van der Waals surface area contributed by atoms with E-state index in [1.807, 2.05) is 18.2 Å². The minimum Gasteiger partial charge on any atom is -0.452 e. The van der Waals surface area contributed by atoms with Gasteiger partial charge in [-0.25, -0.2) is 9.97 Å². The zero-order valence-corrected chi connectivity index (χ0v) is 32.7. The van der Waals surface area contributed by atoms with E-state index in [0.717, 1.165) is 49.7 Å². The maximum Gasteiger partial charge on any atom is 0.236 e. The fraction of sp³-hybridized carbons (Fsp3) is 0. The lowest BCUT2D eigenvalue weighted by atomic mass is 9.91. The molecule has 1 aliphatic rings. The van der Waals surface area contributed by atoms with Gasteiger partial charge in [-0.1, -0.05) is 158 Å². The summed E-state index contributed by atoms with van der Waals surface area (Å²) in [4.78, 5) is 11.0. The second-order valence-electron chi connectivity index (χ2n) is 16.1. The Balaban J connectivity index is 1.10. The van der Waals surface area contributed by atoms with Crippen molar-refractivity contribution in [1.82, 2.24) is 19.1 Å². The van der Waals surface area contributed by atoms with Gasteiger partial charge >= 0.3 is 0 Å². The Labute approximate surface area is 349 Å². The van der Waals surface area contributed by atoms with Crippen molar-refractivity contribution >= 4 is 76.5 Å². The standard InChI is InChI=1S/C56H32N4O/c1-2-16-36-33(14-1)15-13-23-37(36)34-28-30-35(31-29-34)52-55-53(43-22-8-12-27-49(43)61-55)58-56(57-52)60-47-26-11-7-21-42(47)50-48(60)32-44-40-19-6-10-25-46(40)59-45-24-9-5-18-39(45)38-17-3-4-20-41(38)51(50)54(44)59/h1-32H. The van der Waals surface area contributed by atoms with E-state index >= 15 is 0 Å². The molecular formula is C56H32N4O. The first-order chi connectivity index (χ1) is 30.3.